The summed E-state index contributed by atoms with van der Waals surface area (Å²) in [5.74, 6) is 0.492. The van der Waals surface area contributed by atoms with Crippen molar-refractivity contribution in [3.63, 3.8) is 0 Å². The number of hydrogen-bond acceptors (Lipinski definition) is 5. The third kappa shape index (κ3) is 3.01. The summed E-state index contributed by atoms with van der Waals surface area (Å²) in [6.45, 7) is 6.45. The van der Waals surface area contributed by atoms with Gasteiger partial charge in [0.25, 0.3) is 0 Å². The summed E-state index contributed by atoms with van der Waals surface area (Å²) in [6, 6.07) is 1.88. The van der Waals surface area contributed by atoms with Crippen LogP contribution < -0.4 is 10.2 Å². The number of hydrogen-bond donors (Lipinski definition) is 1. The molecule has 0 aromatic carbocycles. The first-order chi connectivity index (χ1) is 9.13. The zero-order valence-corrected chi connectivity index (χ0v) is 11.4. The van der Waals surface area contributed by atoms with Crippen molar-refractivity contribution in [3.05, 3.63) is 27.9 Å². The number of aryl methyl sites for hydroxylation is 1. The predicted molar refractivity (Wildman–Crippen MR) is 74.5 cm³/mol. The van der Waals surface area contributed by atoms with Crippen LogP contribution in [0.4, 0.5) is 11.5 Å². The van der Waals surface area contributed by atoms with Crippen LogP contribution in [0.3, 0.4) is 0 Å². The molecule has 0 aliphatic carbocycles. The molecule has 1 aromatic rings. The fourth-order valence-corrected chi connectivity index (χ4v) is 2.58. The molecule has 6 nitrogen and oxygen atoms in total. The Morgan fingerprint density at radius 2 is 2.42 bits per heavy atom. The molecule has 0 amide bonds. The van der Waals surface area contributed by atoms with Gasteiger partial charge in [0, 0.05) is 31.4 Å². The number of rotatable bonds is 4. The number of nitrogens with one attached hydrogen (secondary N) is 1. The Balaban J connectivity index is 2.34. The lowest BCUT2D eigenvalue weighted by Gasteiger charge is -2.34. The van der Waals surface area contributed by atoms with Gasteiger partial charge in [0.2, 0.25) is 5.82 Å². The molecule has 1 saturated heterocycles. The first-order valence-corrected chi connectivity index (χ1v) is 6.72. The molecular formula is C13H20N4O2. The number of piperidine rings is 1. The Morgan fingerprint density at radius 3 is 3.00 bits per heavy atom. The second-order valence-electron chi connectivity index (χ2n) is 4.90. The van der Waals surface area contributed by atoms with E-state index in [2.05, 4.69) is 10.3 Å². The third-order valence-corrected chi connectivity index (χ3v) is 3.51. The van der Waals surface area contributed by atoms with E-state index < -0.39 is 0 Å². The van der Waals surface area contributed by atoms with Crippen LogP contribution in [-0.4, -0.2) is 35.6 Å². The highest BCUT2D eigenvalue weighted by Gasteiger charge is 2.27. The van der Waals surface area contributed by atoms with E-state index in [1.165, 1.54) is 0 Å². The standard InChI is InChI=1S/C13H20N4O2/c1-3-16(11-5-4-6-14-9-11)13-12(17(18)19)7-10(2)8-15-13/h7-8,11,14H,3-6,9H2,1-2H3. The maximum atomic E-state index is 11.2. The monoisotopic (exact) mass is 264 g/mol. The summed E-state index contributed by atoms with van der Waals surface area (Å²) in [7, 11) is 0. The molecular weight excluding hydrogens is 244 g/mol. The molecule has 0 bridgehead atoms. The lowest BCUT2D eigenvalue weighted by atomic mass is 10.1. The van der Waals surface area contributed by atoms with Crippen molar-refractivity contribution in [2.75, 3.05) is 24.5 Å². The summed E-state index contributed by atoms with van der Waals surface area (Å²) in [4.78, 5) is 17.2. The summed E-state index contributed by atoms with van der Waals surface area (Å²) in [5.41, 5.74) is 0.917. The zero-order chi connectivity index (χ0) is 13.8. The van der Waals surface area contributed by atoms with Crippen LogP contribution in [0.1, 0.15) is 25.3 Å². The highest BCUT2D eigenvalue weighted by molar-refractivity contribution is 5.59. The van der Waals surface area contributed by atoms with E-state index in [9.17, 15) is 10.1 Å². The maximum absolute atomic E-state index is 11.2. The Labute approximate surface area is 113 Å². The predicted octanol–water partition coefficient (Wildman–Crippen LogP) is 1.88. The van der Waals surface area contributed by atoms with Crippen molar-refractivity contribution in [3.8, 4) is 0 Å². The summed E-state index contributed by atoms with van der Waals surface area (Å²) < 4.78 is 0. The van der Waals surface area contributed by atoms with Gasteiger partial charge in [0.15, 0.2) is 0 Å². The van der Waals surface area contributed by atoms with E-state index in [0.717, 1.165) is 38.0 Å². The normalized spacial score (nSPS) is 19.2. The molecule has 19 heavy (non-hydrogen) atoms. The highest BCUT2D eigenvalue weighted by Crippen LogP contribution is 2.29. The fraction of sp³-hybridized carbons (Fsp3) is 0.615. The molecule has 0 radical (unpaired) electrons. The van der Waals surface area contributed by atoms with Crippen LogP contribution in [0.25, 0.3) is 0 Å². The molecule has 1 atom stereocenters. The van der Waals surface area contributed by atoms with Crippen LogP contribution in [0.5, 0.6) is 0 Å². The number of nitro groups is 1. The van der Waals surface area contributed by atoms with Gasteiger partial charge in [-0.1, -0.05) is 0 Å². The van der Waals surface area contributed by atoms with Crippen molar-refractivity contribution >= 4 is 11.5 Å². The Morgan fingerprint density at radius 1 is 1.63 bits per heavy atom. The Hall–Kier alpha value is -1.69. The van der Waals surface area contributed by atoms with Crippen molar-refractivity contribution in [1.29, 1.82) is 0 Å². The first-order valence-electron chi connectivity index (χ1n) is 6.72. The zero-order valence-electron chi connectivity index (χ0n) is 11.4. The average Bonchev–Trinajstić information content (AvgIpc) is 2.42. The van der Waals surface area contributed by atoms with E-state index in [0.29, 0.717) is 5.82 Å². The van der Waals surface area contributed by atoms with E-state index >= 15 is 0 Å². The minimum absolute atomic E-state index is 0.104. The van der Waals surface area contributed by atoms with Crippen molar-refractivity contribution in [2.45, 2.75) is 32.7 Å². The van der Waals surface area contributed by atoms with Gasteiger partial charge >= 0.3 is 5.69 Å². The molecule has 1 aliphatic heterocycles. The number of anilines is 1. The largest absolute Gasteiger partial charge is 0.347 e. The van der Waals surface area contributed by atoms with E-state index in [-0.39, 0.29) is 16.7 Å². The first kappa shape index (κ1) is 13.7. The average molecular weight is 264 g/mol. The molecule has 0 saturated carbocycles. The molecule has 2 rings (SSSR count). The molecule has 2 heterocycles. The second kappa shape index (κ2) is 5.97. The molecule has 1 N–H and O–H groups in total. The fourth-order valence-electron chi connectivity index (χ4n) is 2.58. The lowest BCUT2D eigenvalue weighted by Crippen LogP contribution is -2.46. The molecule has 0 spiro atoms. The van der Waals surface area contributed by atoms with Gasteiger partial charge < -0.3 is 10.2 Å². The molecule has 104 valence electrons. The van der Waals surface area contributed by atoms with Crippen LogP contribution in [0, 0.1) is 17.0 Å². The van der Waals surface area contributed by atoms with Crippen molar-refractivity contribution in [2.24, 2.45) is 0 Å². The number of aromatic nitrogens is 1. The van der Waals surface area contributed by atoms with Gasteiger partial charge in [-0.05, 0) is 38.8 Å². The molecule has 1 aliphatic rings. The summed E-state index contributed by atoms with van der Waals surface area (Å²) in [5, 5.41) is 14.5. The van der Waals surface area contributed by atoms with E-state index in [1.807, 2.05) is 18.7 Å². The molecule has 1 aromatic heterocycles. The smallest absolute Gasteiger partial charge is 0.311 e. The van der Waals surface area contributed by atoms with Crippen LogP contribution >= 0.6 is 0 Å². The van der Waals surface area contributed by atoms with Crippen LogP contribution in [0.2, 0.25) is 0 Å². The number of nitrogens with zero attached hydrogens (tertiary/aromatic N) is 3. The van der Waals surface area contributed by atoms with Gasteiger partial charge in [0.05, 0.1) is 4.92 Å². The van der Waals surface area contributed by atoms with Crippen LogP contribution in [0.15, 0.2) is 12.3 Å². The number of likely N-dealkylation sites (N-methyl/N-ethyl adjacent to an activating group) is 1. The molecule has 1 unspecified atom stereocenters. The summed E-state index contributed by atoms with van der Waals surface area (Å²) >= 11 is 0. The molecule has 1 fully saturated rings. The maximum Gasteiger partial charge on any atom is 0.311 e. The van der Waals surface area contributed by atoms with Gasteiger partial charge in [0.1, 0.15) is 0 Å². The number of pyridine rings is 1. The minimum atomic E-state index is -0.339. The SMILES string of the molecule is CCN(c1ncc(C)cc1[N+](=O)[O-])C1CCCNC1. The Bertz CT molecular complexity index is 458. The second-order valence-corrected chi connectivity index (χ2v) is 4.90. The Kier molecular flexibility index (Phi) is 4.31. The highest BCUT2D eigenvalue weighted by atomic mass is 16.6. The topological polar surface area (TPSA) is 71.3 Å². The summed E-state index contributed by atoms with van der Waals surface area (Å²) in [6.07, 6.45) is 3.84. The molecule has 6 heteroatoms. The van der Waals surface area contributed by atoms with E-state index in [1.54, 1.807) is 12.3 Å². The minimum Gasteiger partial charge on any atom is -0.347 e. The van der Waals surface area contributed by atoms with Gasteiger partial charge in [-0.3, -0.25) is 10.1 Å². The van der Waals surface area contributed by atoms with Crippen molar-refractivity contribution in [1.82, 2.24) is 10.3 Å². The quantitative estimate of drug-likeness (QED) is 0.664. The third-order valence-electron chi connectivity index (χ3n) is 3.51. The van der Waals surface area contributed by atoms with E-state index in [4.69, 9.17) is 0 Å². The van der Waals surface area contributed by atoms with Crippen molar-refractivity contribution < 1.29 is 4.92 Å². The van der Waals surface area contributed by atoms with Gasteiger partial charge in [-0.2, -0.15) is 0 Å². The van der Waals surface area contributed by atoms with Gasteiger partial charge in [-0.15, -0.1) is 0 Å². The van der Waals surface area contributed by atoms with Crippen LogP contribution in [-0.2, 0) is 0 Å². The lowest BCUT2D eigenvalue weighted by molar-refractivity contribution is -0.384. The van der Waals surface area contributed by atoms with Gasteiger partial charge in [-0.25, -0.2) is 4.98 Å².